The summed E-state index contributed by atoms with van der Waals surface area (Å²) in [5.41, 5.74) is 0. The van der Waals surface area contributed by atoms with Crippen molar-refractivity contribution in [3.8, 4) is 0 Å². The van der Waals surface area contributed by atoms with E-state index in [1.165, 1.54) is 0 Å². The van der Waals surface area contributed by atoms with Crippen LogP contribution in [0.25, 0.3) is 0 Å². The molecule has 0 aromatic carbocycles. The molecule has 19 heavy (non-hydrogen) atoms. The first kappa shape index (κ1) is 16.4. The third-order valence-corrected chi connectivity index (χ3v) is 2.80. The maximum absolute atomic E-state index is 10.8. The van der Waals surface area contributed by atoms with E-state index in [0.717, 1.165) is 0 Å². The Hall–Kier alpha value is -0.650. The fraction of sp³-hybridized carbons (Fsp3) is 0.900. The lowest BCUT2D eigenvalue weighted by Gasteiger charge is -2.36. The van der Waals surface area contributed by atoms with E-state index in [4.69, 9.17) is 14.6 Å². The molecule has 1 rings (SSSR count). The Morgan fingerprint density at radius 3 is 2.42 bits per heavy atom. The molecule has 1 saturated heterocycles. The molecule has 7 atom stereocenters. The van der Waals surface area contributed by atoms with E-state index in [2.05, 4.69) is 0 Å². The molecule has 112 valence electrons. The van der Waals surface area contributed by atoms with Crippen LogP contribution >= 0.6 is 0 Å². The zero-order valence-corrected chi connectivity index (χ0v) is 9.94. The molecular weight excluding hydrogens is 264 g/mol. The molecule has 1 fully saturated rings. The maximum atomic E-state index is 10.8. The molecule has 0 aromatic rings. The third kappa shape index (κ3) is 3.91. The monoisotopic (exact) mass is 282 g/mol. The molecule has 1 heterocycles. The molecule has 0 aromatic heterocycles. The molecule has 6 N–H and O–H groups in total. The van der Waals surface area contributed by atoms with Crippen LogP contribution in [0.2, 0.25) is 0 Å². The van der Waals surface area contributed by atoms with Gasteiger partial charge in [0.25, 0.3) is 0 Å². The smallest absolute Gasteiger partial charge is 0.187 e. The summed E-state index contributed by atoms with van der Waals surface area (Å²) in [6, 6.07) is 0. The number of carbonyl (C=O) groups is 1. The van der Waals surface area contributed by atoms with Crippen molar-refractivity contribution < 1.29 is 44.9 Å². The van der Waals surface area contributed by atoms with Gasteiger partial charge < -0.3 is 44.9 Å². The first-order valence-corrected chi connectivity index (χ1v) is 5.66. The zero-order valence-electron chi connectivity index (χ0n) is 9.94. The van der Waals surface area contributed by atoms with E-state index in [1.807, 2.05) is 0 Å². The van der Waals surface area contributed by atoms with E-state index >= 15 is 0 Å². The van der Waals surface area contributed by atoms with Gasteiger partial charge in [0.15, 0.2) is 12.6 Å². The summed E-state index contributed by atoms with van der Waals surface area (Å²) in [6.45, 7) is -1.11. The molecule has 1 aliphatic rings. The second kappa shape index (κ2) is 7.22. The van der Waals surface area contributed by atoms with Crippen molar-refractivity contribution in [2.45, 2.75) is 42.9 Å². The largest absolute Gasteiger partial charge is 0.394 e. The minimum Gasteiger partial charge on any atom is -0.394 e. The second-order valence-electron chi connectivity index (χ2n) is 4.23. The lowest BCUT2D eigenvalue weighted by molar-refractivity contribution is -0.287. The average Bonchev–Trinajstić information content (AvgIpc) is 2.42. The summed E-state index contributed by atoms with van der Waals surface area (Å²) in [5.74, 6) is 0. The van der Waals surface area contributed by atoms with Crippen molar-refractivity contribution in [1.29, 1.82) is 0 Å². The lowest BCUT2D eigenvalue weighted by Crippen LogP contribution is -2.56. The molecule has 0 bridgehead atoms. The van der Waals surface area contributed by atoms with Gasteiger partial charge in [0, 0.05) is 0 Å². The fourth-order valence-corrected chi connectivity index (χ4v) is 1.57. The fourth-order valence-electron chi connectivity index (χ4n) is 1.57. The van der Waals surface area contributed by atoms with Crippen LogP contribution in [0.1, 0.15) is 0 Å². The van der Waals surface area contributed by atoms with Crippen LogP contribution < -0.4 is 0 Å². The van der Waals surface area contributed by atoms with Gasteiger partial charge in [-0.15, -0.1) is 0 Å². The predicted molar refractivity (Wildman–Crippen MR) is 57.8 cm³/mol. The van der Waals surface area contributed by atoms with Crippen LogP contribution in [0.15, 0.2) is 0 Å². The van der Waals surface area contributed by atoms with Crippen LogP contribution in [0.4, 0.5) is 0 Å². The predicted octanol–water partition coefficient (Wildman–Crippen LogP) is -4.28. The molecule has 9 heteroatoms. The highest BCUT2D eigenvalue weighted by Crippen LogP contribution is 2.19. The van der Waals surface area contributed by atoms with Gasteiger partial charge in [-0.2, -0.15) is 0 Å². The summed E-state index contributed by atoms with van der Waals surface area (Å²) in [6.07, 6.45) is -10.6. The normalized spacial score (nSPS) is 36.5. The molecule has 0 amide bonds. The van der Waals surface area contributed by atoms with Gasteiger partial charge >= 0.3 is 0 Å². The number of rotatable bonds is 6. The third-order valence-electron chi connectivity index (χ3n) is 2.80. The van der Waals surface area contributed by atoms with Crippen molar-refractivity contribution in [2.24, 2.45) is 0 Å². The number of hydrogen-bond acceptors (Lipinski definition) is 9. The van der Waals surface area contributed by atoms with Crippen molar-refractivity contribution in [1.82, 2.24) is 0 Å². The minimum absolute atomic E-state index is 0.164. The molecule has 0 unspecified atom stereocenters. The Kier molecular flexibility index (Phi) is 6.23. The summed E-state index contributed by atoms with van der Waals surface area (Å²) < 4.78 is 9.80. The van der Waals surface area contributed by atoms with Gasteiger partial charge in [-0.25, -0.2) is 0 Å². The topological polar surface area (TPSA) is 157 Å². The minimum atomic E-state index is -1.72. The van der Waals surface area contributed by atoms with Crippen LogP contribution in [-0.4, -0.2) is 93.1 Å². The average molecular weight is 282 g/mol. The maximum Gasteiger partial charge on any atom is 0.187 e. The summed E-state index contributed by atoms with van der Waals surface area (Å²) in [7, 11) is 0. The van der Waals surface area contributed by atoms with Crippen LogP contribution in [0, 0.1) is 0 Å². The highest BCUT2D eigenvalue weighted by atomic mass is 16.7. The van der Waals surface area contributed by atoms with E-state index in [9.17, 15) is 30.3 Å². The Bertz CT molecular complexity index is 286. The van der Waals surface area contributed by atoms with E-state index in [1.54, 1.807) is 0 Å². The SMILES string of the molecule is O=C[C@H](O[C@@H]1OC[C@@H](O)[C@H](O)[C@H]1O)[C@@H](O)[C@@H](O)CO. The molecule has 0 aliphatic carbocycles. The first-order chi connectivity index (χ1) is 8.92. The summed E-state index contributed by atoms with van der Waals surface area (Å²) >= 11 is 0. The molecule has 0 spiro atoms. The number of aldehydes is 1. The standard InChI is InChI=1S/C10H18O9/c11-1-4(13)7(15)6(2-12)19-10-9(17)8(16)5(14)3-18-10/h2,4-11,13-17H,1,3H2/t4-,5+,6-,7-,8-,9+,10-/m0/s1. The first-order valence-electron chi connectivity index (χ1n) is 5.66. The van der Waals surface area contributed by atoms with Crippen molar-refractivity contribution in [3.05, 3.63) is 0 Å². The lowest BCUT2D eigenvalue weighted by atomic mass is 10.0. The Balaban J connectivity index is 2.63. The molecule has 1 aliphatic heterocycles. The van der Waals surface area contributed by atoms with Crippen molar-refractivity contribution in [3.63, 3.8) is 0 Å². The Morgan fingerprint density at radius 1 is 1.26 bits per heavy atom. The number of aliphatic hydroxyl groups excluding tert-OH is 6. The van der Waals surface area contributed by atoms with Crippen LogP contribution in [0.5, 0.6) is 0 Å². The Labute approximate surface area is 108 Å². The van der Waals surface area contributed by atoms with Crippen molar-refractivity contribution in [2.75, 3.05) is 13.2 Å². The second-order valence-corrected chi connectivity index (χ2v) is 4.23. The van der Waals surface area contributed by atoms with Crippen LogP contribution in [0.3, 0.4) is 0 Å². The quantitative estimate of drug-likeness (QED) is 0.265. The van der Waals surface area contributed by atoms with Gasteiger partial charge in [-0.3, -0.25) is 0 Å². The molecule has 0 radical (unpaired) electrons. The number of hydrogen-bond donors (Lipinski definition) is 6. The number of aliphatic hydroxyl groups is 6. The number of carbonyl (C=O) groups excluding carboxylic acids is 1. The van der Waals surface area contributed by atoms with E-state index < -0.39 is 49.5 Å². The van der Waals surface area contributed by atoms with Crippen LogP contribution in [-0.2, 0) is 14.3 Å². The zero-order chi connectivity index (χ0) is 14.6. The summed E-state index contributed by atoms with van der Waals surface area (Å²) in [4.78, 5) is 10.8. The molecular formula is C10H18O9. The van der Waals surface area contributed by atoms with Gasteiger partial charge in [0.1, 0.15) is 36.6 Å². The van der Waals surface area contributed by atoms with Gasteiger partial charge in [-0.1, -0.05) is 0 Å². The van der Waals surface area contributed by atoms with Crippen molar-refractivity contribution >= 4 is 6.29 Å². The van der Waals surface area contributed by atoms with Gasteiger partial charge in [0.2, 0.25) is 0 Å². The number of ether oxygens (including phenoxy) is 2. The highest BCUT2D eigenvalue weighted by Gasteiger charge is 2.41. The van der Waals surface area contributed by atoms with Gasteiger partial charge in [-0.05, 0) is 0 Å². The van der Waals surface area contributed by atoms with E-state index in [-0.39, 0.29) is 12.9 Å². The Morgan fingerprint density at radius 2 is 1.89 bits per heavy atom. The van der Waals surface area contributed by atoms with E-state index in [0.29, 0.717) is 0 Å². The molecule has 0 saturated carbocycles. The highest BCUT2D eigenvalue weighted by molar-refractivity contribution is 5.57. The molecule has 9 nitrogen and oxygen atoms in total. The van der Waals surface area contributed by atoms with Gasteiger partial charge in [0.05, 0.1) is 13.2 Å². The summed E-state index contributed by atoms with van der Waals surface area (Å²) in [5, 5.41) is 55.5.